The number of hydrogen-bond donors (Lipinski definition) is 2. The Kier molecular flexibility index (Phi) is 25.3. The highest BCUT2D eigenvalue weighted by molar-refractivity contribution is 7.87. The van der Waals surface area contributed by atoms with Crippen LogP contribution in [-0.2, 0) is 35.1 Å². The van der Waals surface area contributed by atoms with Gasteiger partial charge in [-0.05, 0) is 111 Å². The number of benzene rings is 6. The van der Waals surface area contributed by atoms with Crippen molar-refractivity contribution in [1.29, 1.82) is 0 Å². The van der Waals surface area contributed by atoms with Gasteiger partial charge in [0.05, 0.1) is 42.8 Å². The molecular formula is C53H63N3O21S3. The molecule has 0 unspecified atom stereocenters. The van der Waals surface area contributed by atoms with Crippen molar-refractivity contribution in [3.8, 4) is 34.5 Å². The molecule has 0 aromatic heterocycles. The van der Waals surface area contributed by atoms with Crippen LogP contribution in [0.5, 0.6) is 34.5 Å². The van der Waals surface area contributed by atoms with Crippen molar-refractivity contribution >= 4 is 47.7 Å². The summed E-state index contributed by atoms with van der Waals surface area (Å²) in [5.74, 6) is -0.260. The van der Waals surface area contributed by atoms with Gasteiger partial charge in [-0.2, -0.15) is 25.3 Å². The van der Waals surface area contributed by atoms with E-state index in [9.17, 15) is 45.5 Å². The van der Waals surface area contributed by atoms with Crippen molar-refractivity contribution in [2.75, 3.05) is 21.3 Å². The Morgan fingerprint density at radius 3 is 1.14 bits per heavy atom. The fourth-order valence-corrected chi connectivity index (χ4v) is 9.59. The molecule has 0 aliphatic carbocycles. The van der Waals surface area contributed by atoms with Gasteiger partial charge in [0.2, 0.25) is 0 Å². The quantitative estimate of drug-likeness (QED) is 0.0486. The molecule has 6 rings (SSSR count). The number of carbonyl (C=O) groups is 1. The smallest absolute Gasteiger partial charge is 0.339 e. The van der Waals surface area contributed by atoms with Gasteiger partial charge in [0.15, 0.2) is 23.0 Å². The third kappa shape index (κ3) is 20.3. The second kappa shape index (κ2) is 30.0. The van der Waals surface area contributed by atoms with Gasteiger partial charge in [-0.25, -0.2) is 0 Å². The van der Waals surface area contributed by atoms with E-state index in [0.29, 0.717) is 17.1 Å². The van der Waals surface area contributed by atoms with E-state index in [1.165, 1.54) is 56.7 Å². The molecule has 0 spiro atoms. The van der Waals surface area contributed by atoms with E-state index in [4.69, 9.17) is 52.0 Å². The van der Waals surface area contributed by atoms with Crippen LogP contribution < -0.4 is 26.8 Å². The zero-order valence-electron chi connectivity index (χ0n) is 45.9. The minimum absolute atomic E-state index is 0.0220. The van der Waals surface area contributed by atoms with Crippen LogP contribution in [-0.4, -0.2) is 77.8 Å². The largest absolute Gasteiger partial charge is 0.497 e. The Hall–Kier alpha value is -8.56. The molecule has 0 saturated heterocycles. The van der Waals surface area contributed by atoms with Crippen LogP contribution in [0.4, 0.5) is 11.4 Å². The summed E-state index contributed by atoms with van der Waals surface area (Å²) in [7, 11) is -7.87. The van der Waals surface area contributed by atoms with E-state index in [2.05, 4.69) is 0 Å². The van der Waals surface area contributed by atoms with E-state index in [1.54, 1.807) is 87.7 Å². The molecule has 0 radical (unpaired) electrons. The first-order valence-corrected chi connectivity index (χ1v) is 27.8. The summed E-state index contributed by atoms with van der Waals surface area (Å²) in [6.45, 7) is 17.7. The first kappa shape index (κ1) is 67.5. The van der Waals surface area contributed by atoms with E-state index >= 15 is 0 Å². The number of methoxy groups -OCH3 is 3. The molecule has 24 nitrogen and oxygen atoms in total. The third-order valence-corrected chi connectivity index (χ3v) is 14.4. The highest BCUT2D eigenvalue weighted by atomic mass is 32.2. The number of carboxylic acids is 1. The van der Waals surface area contributed by atoms with Gasteiger partial charge in [0.1, 0.15) is 26.2 Å². The van der Waals surface area contributed by atoms with Crippen LogP contribution in [0.25, 0.3) is 0 Å². The van der Waals surface area contributed by atoms with Gasteiger partial charge in [-0.1, -0.05) is 94.6 Å². The van der Waals surface area contributed by atoms with Crippen molar-refractivity contribution in [1.82, 2.24) is 0 Å². The fourth-order valence-electron chi connectivity index (χ4n) is 6.74. The van der Waals surface area contributed by atoms with Gasteiger partial charge in [0.25, 0.3) is 11.1 Å². The Morgan fingerprint density at radius 1 is 0.475 bits per heavy atom. The van der Waals surface area contributed by atoms with Gasteiger partial charge >= 0.3 is 41.7 Å². The lowest BCUT2D eigenvalue weighted by Gasteiger charge is -2.15. The maximum absolute atomic E-state index is 12.5. The highest BCUT2D eigenvalue weighted by Crippen LogP contribution is 2.43. The van der Waals surface area contributed by atoms with E-state index in [-0.39, 0.29) is 72.4 Å². The first-order valence-electron chi connectivity index (χ1n) is 23.6. The third-order valence-electron chi connectivity index (χ3n) is 10.6. The maximum atomic E-state index is 12.5. The van der Waals surface area contributed by atoms with Crippen LogP contribution >= 0.6 is 0 Å². The fraction of sp³-hybridized carbons (Fsp3) is 0.302. The molecule has 0 aliphatic heterocycles. The van der Waals surface area contributed by atoms with Crippen LogP contribution in [0.15, 0.2) is 130 Å². The highest BCUT2D eigenvalue weighted by Gasteiger charge is 2.30. The Labute approximate surface area is 464 Å². The molecule has 80 heavy (non-hydrogen) atoms. The van der Waals surface area contributed by atoms with Crippen molar-refractivity contribution in [2.45, 2.75) is 102 Å². The summed E-state index contributed by atoms with van der Waals surface area (Å²) in [5, 5.41) is 43.7. The normalized spacial score (nSPS) is 10.9. The maximum Gasteiger partial charge on any atom is 0.339 e. The van der Waals surface area contributed by atoms with E-state index in [0.717, 1.165) is 35.2 Å². The Balaban J connectivity index is 0.000000384. The molecule has 6 aromatic rings. The van der Waals surface area contributed by atoms with Crippen molar-refractivity contribution in [3.05, 3.63) is 179 Å². The lowest BCUT2D eigenvalue weighted by Crippen LogP contribution is -2.12. The molecule has 6 aromatic carbocycles. The average Bonchev–Trinajstić information content (AvgIpc) is 3.36. The second-order valence-corrected chi connectivity index (χ2v) is 22.4. The lowest BCUT2D eigenvalue weighted by molar-refractivity contribution is -0.742. The average molecular weight is 1170 g/mol. The molecule has 434 valence electrons. The van der Waals surface area contributed by atoms with Crippen LogP contribution in [0, 0.1) is 51.1 Å². The lowest BCUT2D eigenvalue weighted by atomic mass is 9.99. The molecule has 0 heterocycles. The van der Waals surface area contributed by atoms with Crippen molar-refractivity contribution in [2.24, 2.45) is 0 Å². The van der Waals surface area contributed by atoms with Crippen molar-refractivity contribution < 1.29 is 82.1 Å². The van der Waals surface area contributed by atoms with Crippen molar-refractivity contribution in [3.63, 3.8) is 0 Å². The molecule has 0 saturated carbocycles. The predicted molar refractivity (Wildman–Crippen MR) is 294 cm³/mol. The zero-order chi connectivity index (χ0) is 61.0. The number of aryl methyl sites for hydroxylation is 3. The second-order valence-electron chi connectivity index (χ2n) is 17.8. The monoisotopic (exact) mass is 1170 g/mol. The van der Waals surface area contributed by atoms with Gasteiger partial charge in [-0.3, -0.25) is 25.0 Å². The standard InChI is InChI=1S/2C17H19NO6S.C17H20O4S.C2H4O2.HNO3/c1-11(2)14-9-17(23-4)15(18(19)20)10-16(14)24-25(21,22)13-7-5-12(3)6-8-13;1-11(2)16-14(9-10-15(23-4)17(16)18(19)20)24-25(21,22)13-7-5-12(3)6-8-13;1-12(2)16-11-14(20-4)7-10-17(16)21-22(18,19)15-8-5-13(3)6-9-15;1-2(3)4;2-1(3)4/h2*5-11H,1-4H3;5-12H,1-4H3;1H3,(H,3,4);(H,2,3,4). The number of carboxylic acid groups (broad SMARTS) is 1. The molecule has 0 amide bonds. The van der Waals surface area contributed by atoms with Crippen LogP contribution in [0.3, 0.4) is 0 Å². The molecule has 2 N–H and O–H groups in total. The minimum atomic E-state index is -4.11. The first-order chi connectivity index (χ1) is 37.1. The number of nitrogens with zero attached hydrogens (tertiary/aromatic N) is 3. The summed E-state index contributed by atoms with van der Waals surface area (Å²) in [6.07, 6.45) is 0. The molecule has 0 bridgehead atoms. The molecule has 0 atom stereocenters. The molecule has 0 fully saturated rings. The number of aliphatic carboxylic acids is 1. The van der Waals surface area contributed by atoms with Gasteiger partial charge in [-0.15, -0.1) is 10.1 Å². The Morgan fingerprint density at radius 2 is 0.812 bits per heavy atom. The summed E-state index contributed by atoms with van der Waals surface area (Å²) in [4.78, 5) is 38.9. The number of rotatable bonds is 17. The molecule has 27 heteroatoms. The molecule has 0 aliphatic rings. The number of ether oxygens (including phenoxy) is 3. The number of nitro groups is 2. The minimum Gasteiger partial charge on any atom is -0.497 e. The SMILES string of the molecule is CC(=O)O.COc1cc(C(C)C)c(OS(=O)(=O)c2ccc(C)cc2)cc1[N+](=O)[O-].COc1ccc(OS(=O)(=O)c2ccc(C)cc2)c(C(C)C)c1.COc1ccc(OS(=O)(=O)c2ccc(C)cc2)c(C(C)C)c1[N+](=O)[O-].O=[N+]([O-])O. The van der Waals surface area contributed by atoms with Crippen LogP contribution in [0.2, 0.25) is 0 Å². The topological polar surface area (TPSA) is 345 Å². The predicted octanol–water partition coefficient (Wildman–Crippen LogP) is 11.2. The van der Waals surface area contributed by atoms with E-state index in [1.807, 2.05) is 48.5 Å². The van der Waals surface area contributed by atoms with Gasteiger partial charge < -0.3 is 37.1 Å². The zero-order valence-corrected chi connectivity index (χ0v) is 48.4. The molecular weight excluding hydrogens is 1110 g/mol. The summed E-state index contributed by atoms with van der Waals surface area (Å²) in [5.41, 5.74) is 3.60. The van der Waals surface area contributed by atoms with E-state index < -0.39 is 51.3 Å². The van der Waals surface area contributed by atoms with Gasteiger partial charge in [0, 0.05) is 18.1 Å². The Bertz CT molecular complexity index is 3350. The number of nitro benzene ring substituents is 2. The summed E-state index contributed by atoms with van der Waals surface area (Å²) < 4.78 is 106. The number of hydrogen-bond acceptors (Lipinski definition) is 19. The summed E-state index contributed by atoms with van der Waals surface area (Å²) >= 11 is 0. The summed E-state index contributed by atoms with van der Waals surface area (Å²) in [6, 6.07) is 29.2. The van der Waals surface area contributed by atoms with Crippen LogP contribution in [0.1, 0.15) is 99.6 Å².